The Bertz CT molecular complexity index is 464. The smallest absolute Gasteiger partial charge is 0.338 e. The van der Waals surface area contributed by atoms with E-state index in [1.807, 2.05) is 0 Å². The number of carbonyl (C=O) groups excluding carboxylic acids is 1. The average molecular weight is 352 g/mol. The van der Waals surface area contributed by atoms with Crippen LogP contribution in [0.25, 0.3) is 0 Å². The third kappa shape index (κ3) is 7.05. The summed E-state index contributed by atoms with van der Waals surface area (Å²) in [7, 11) is -1.05. The maximum atomic E-state index is 11.8. The lowest BCUT2D eigenvalue weighted by atomic mass is 10.2. The van der Waals surface area contributed by atoms with Crippen LogP contribution in [0.5, 0.6) is 0 Å². The van der Waals surface area contributed by atoms with Gasteiger partial charge in [-0.15, -0.1) is 0 Å². The van der Waals surface area contributed by atoms with Crippen molar-refractivity contribution in [1.29, 1.82) is 0 Å². The minimum absolute atomic E-state index is 0.291. The number of esters is 1. The van der Waals surface area contributed by atoms with E-state index in [0.29, 0.717) is 17.9 Å². The van der Waals surface area contributed by atoms with E-state index in [2.05, 4.69) is 20.8 Å². The Kier molecular flexibility index (Phi) is 9.72. The standard InChI is InChI=1S/C19H33NO3Si/c1-4-24(5-2,6-3)16-15-22-13-7-8-14-23-19(21)17-9-11-18(20)12-10-17/h9-12H,4-8,13-16,20H2,1-3H3. The normalized spacial score (nSPS) is 11.5. The molecule has 5 heteroatoms. The summed E-state index contributed by atoms with van der Waals surface area (Å²) in [6.07, 6.45) is 1.76. The second-order valence-electron chi connectivity index (χ2n) is 6.39. The fourth-order valence-corrected chi connectivity index (χ4v) is 5.98. The third-order valence-electron chi connectivity index (χ3n) is 5.09. The summed E-state index contributed by atoms with van der Waals surface area (Å²) in [5.41, 5.74) is 6.78. The molecule has 0 bridgehead atoms. The van der Waals surface area contributed by atoms with E-state index in [1.54, 1.807) is 24.3 Å². The molecule has 0 heterocycles. The molecule has 136 valence electrons. The minimum atomic E-state index is -1.05. The van der Waals surface area contributed by atoms with Crippen LogP contribution in [0.1, 0.15) is 44.0 Å². The van der Waals surface area contributed by atoms with Crippen LogP contribution in [0.15, 0.2) is 24.3 Å². The van der Waals surface area contributed by atoms with Gasteiger partial charge < -0.3 is 15.2 Å². The molecule has 1 aromatic rings. The van der Waals surface area contributed by atoms with Crippen molar-refractivity contribution in [1.82, 2.24) is 0 Å². The summed E-state index contributed by atoms with van der Waals surface area (Å²) in [6, 6.07) is 12.1. The SMILES string of the molecule is CC[Si](CC)(CC)CCOCCCCOC(=O)c1ccc(N)cc1. The van der Waals surface area contributed by atoms with Crippen LogP contribution in [-0.2, 0) is 9.47 Å². The molecule has 0 fully saturated rings. The first-order chi connectivity index (χ1) is 11.6. The first-order valence-electron chi connectivity index (χ1n) is 9.17. The Morgan fingerprint density at radius 3 is 2.12 bits per heavy atom. The number of nitrogens with two attached hydrogens (primary N) is 1. The van der Waals surface area contributed by atoms with Gasteiger partial charge in [0.05, 0.1) is 20.2 Å². The van der Waals surface area contributed by atoms with Crippen LogP contribution in [0.4, 0.5) is 5.69 Å². The molecule has 0 aliphatic rings. The number of benzene rings is 1. The van der Waals surface area contributed by atoms with Gasteiger partial charge in [-0.1, -0.05) is 38.9 Å². The van der Waals surface area contributed by atoms with E-state index in [4.69, 9.17) is 15.2 Å². The monoisotopic (exact) mass is 351 g/mol. The van der Waals surface area contributed by atoms with Gasteiger partial charge in [0.15, 0.2) is 0 Å². The molecule has 0 aliphatic heterocycles. The number of anilines is 1. The third-order valence-corrected chi connectivity index (χ3v) is 10.9. The van der Waals surface area contributed by atoms with Gasteiger partial charge in [0.25, 0.3) is 0 Å². The molecule has 24 heavy (non-hydrogen) atoms. The Hall–Kier alpha value is -1.33. The molecule has 0 unspecified atom stereocenters. The molecule has 0 radical (unpaired) electrons. The van der Waals surface area contributed by atoms with Gasteiger partial charge in [-0.25, -0.2) is 4.79 Å². The average Bonchev–Trinajstić information content (AvgIpc) is 2.61. The van der Waals surface area contributed by atoms with Gasteiger partial charge >= 0.3 is 5.97 Å². The molecule has 0 saturated heterocycles. The van der Waals surface area contributed by atoms with E-state index in [-0.39, 0.29) is 5.97 Å². The van der Waals surface area contributed by atoms with E-state index in [1.165, 1.54) is 24.2 Å². The first kappa shape index (κ1) is 20.7. The number of carbonyl (C=O) groups is 1. The molecule has 4 nitrogen and oxygen atoms in total. The highest BCUT2D eigenvalue weighted by Crippen LogP contribution is 2.24. The molecular formula is C19H33NO3Si. The Morgan fingerprint density at radius 1 is 0.958 bits per heavy atom. The van der Waals surface area contributed by atoms with E-state index < -0.39 is 8.07 Å². The lowest BCUT2D eigenvalue weighted by Crippen LogP contribution is -2.32. The number of rotatable bonds is 12. The summed E-state index contributed by atoms with van der Waals surface area (Å²) in [6.45, 7) is 9.05. The Morgan fingerprint density at radius 2 is 1.54 bits per heavy atom. The molecule has 2 N–H and O–H groups in total. The quantitative estimate of drug-likeness (QED) is 0.256. The molecule has 0 amide bonds. The Balaban J connectivity index is 2.08. The van der Waals surface area contributed by atoms with E-state index >= 15 is 0 Å². The van der Waals surface area contributed by atoms with Gasteiger partial charge in [0, 0.05) is 18.9 Å². The van der Waals surface area contributed by atoms with Crippen molar-refractivity contribution in [2.45, 2.75) is 57.8 Å². The van der Waals surface area contributed by atoms with Crippen molar-refractivity contribution in [3.63, 3.8) is 0 Å². The molecule has 0 spiro atoms. The van der Waals surface area contributed by atoms with Gasteiger partial charge in [-0.3, -0.25) is 0 Å². The van der Waals surface area contributed by atoms with Crippen LogP contribution >= 0.6 is 0 Å². The molecule has 1 rings (SSSR count). The number of ether oxygens (including phenoxy) is 2. The summed E-state index contributed by atoms with van der Waals surface area (Å²) >= 11 is 0. The van der Waals surface area contributed by atoms with Crippen molar-refractivity contribution in [2.75, 3.05) is 25.6 Å². The maximum absolute atomic E-state index is 11.8. The second-order valence-corrected chi connectivity index (χ2v) is 12.0. The zero-order chi connectivity index (χ0) is 17.8. The molecule has 1 aromatic carbocycles. The highest BCUT2D eigenvalue weighted by molar-refractivity contribution is 6.79. The summed E-state index contributed by atoms with van der Waals surface area (Å²) in [5, 5.41) is 0. The van der Waals surface area contributed by atoms with Crippen molar-refractivity contribution in [3.8, 4) is 0 Å². The van der Waals surface area contributed by atoms with Crippen molar-refractivity contribution in [3.05, 3.63) is 29.8 Å². The van der Waals surface area contributed by atoms with Crippen molar-refractivity contribution in [2.24, 2.45) is 0 Å². The van der Waals surface area contributed by atoms with Crippen molar-refractivity contribution < 1.29 is 14.3 Å². The van der Waals surface area contributed by atoms with Crippen LogP contribution in [0, 0.1) is 0 Å². The number of unbranched alkanes of at least 4 members (excludes halogenated alkanes) is 1. The lowest BCUT2D eigenvalue weighted by Gasteiger charge is -2.27. The fourth-order valence-electron chi connectivity index (χ4n) is 2.84. The van der Waals surface area contributed by atoms with Crippen LogP contribution in [0.3, 0.4) is 0 Å². The first-order valence-corrected chi connectivity index (χ1v) is 12.0. The zero-order valence-corrected chi connectivity index (χ0v) is 16.5. The summed E-state index contributed by atoms with van der Waals surface area (Å²) in [5.74, 6) is -0.291. The summed E-state index contributed by atoms with van der Waals surface area (Å²) in [4.78, 5) is 11.8. The van der Waals surface area contributed by atoms with E-state index in [9.17, 15) is 4.79 Å². The highest BCUT2D eigenvalue weighted by atomic mass is 28.3. The number of hydrogen-bond donors (Lipinski definition) is 1. The van der Waals surface area contributed by atoms with Gasteiger partial charge in [-0.2, -0.15) is 0 Å². The topological polar surface area (TPSA) is 61.5 Å². The fraction of sp³-hybridized carbons (Fsp3) is 0.632. The highest BCUT2D eigenvalue weighted by Gasteiger charge is 2.25. The van der Waals surface area contributed by atoms with Crippen LogP contribution in [-0.4, -0.2) is 33.9 Å². The lowest BCUT2D eigenvalue weighted by molar-refractivity contribution is 0.0484. The molecule has 0 saturated carbocycles. The predicted molar refractivity (Wildman–Crippen MR) is 103 cm³/mol. The van der Waals surface area contributed by atoms with Gasteiger partial charge in [0.2, 0.25) is 0 Å². The minimum Gasteiger partial charge on any atom is -0.462 e. The zero-order valence-electron chi connectivity index (χ0n) is 15.5. The summed E-state index contributed by atoms with van der Waals surface area (Å²) < 4.78 is 11.0. The molecule has 0 atom stereocenters. The predicted octanol–water partition coefficient (Wildman–Crippen LogP) is 4.73. The molecule has 0 aromatic heterocycles. The Labute approximate surface area is 147 Å². The molecule has 0 aliphatic carbocycles. The van der Waals surface area contributed by atoms with E-state index in [0.717, 1.165) is 26.1 Å². The second kappa shape index (κ2) is 11.3. The molecular weight excluding hydrogens is 318 g/mol. The maximum Gasteiger partial charge on any atom is 0.338 e. The van der Waals surface area contributed by atoms with Crippen LogP contribution in [0.2, 0.25) is 24.2 Å². The number of hydrogen-bond acceptors (Lipinski definition) is 4. The van der Waals surface area contributed by atoms with Crippen LogP contribution < -0.4 is 5.73 Å². The van der Waals surface area contributed by atoms with Gasteiger partial charge in [-0.05, 0) is 43.2 Å². The largest absolute Gasteiger partial charge is 0.462 e. The van der Waals surface area contributed by atoms with Gasteiger partial charge in [0.1, 0.15) is 0 Å². The number of nitrogen functional groups attached to an aromatic ring is 1. The van der Waals surface area contributed by atoms with Crippen molar-refractivity contribution >= 4 is 19.7 Å².